The van der Waals surface area contributed by atoms with Crippen molar-refractivity contribution in [2.24, 2.45) is 17.8 Å². The number of aromatic nitrogens is 1. The summed E-state index contributed by atoms with van der Waals surface area (Å²) >= 11 is 1.49. The van der Waals surface area contributed by atoms with Gasteiger partial charge in [0, 0.05) is 58.1 Å². The fourth-order valence-corrected chi connectivity index (χ4v) is 11.0. The zero-order valence-electron chi connectivity index (χ0n) is 41.5. The highest BCUT2D eigenvalue weighted by Gasteiger charge is 2.46. The van der Waals surface area contributed by atoms with Gasteiger partial charge in [-0.3, -0.25) is 39.0 Å². The van der Waals surface area contributed by atoms with E-state index in [-0.39, 0.29) is 65.8 Å². The summed E-state index contributed by atoms with van der Waals surface area (Å²) in [7, 11) is 4.86. The molecule has 1 aromatic carbocycles. The molecule has 5 rings (SSSR count). The number of methoxy groups -OCH3 is 2. The van der Waals surface area contributed by atoms with E-state index >= 15 is 0 Å². The number of rotatable bonds is 27. The molecule has 17 heteroatoms. The molecule has 6 amide bonds. The van der Waals surface area contributed by atoms with E-state index in [4.69, 9.17) is 9.47 Å². The normalized spacial score (nSPS) is 20.5. The molecule has 1 saturated carbocycles. The van der Waals surface area contributed by atoms with Crippen molar-refractivity contribution < 1.29 is 43.3 Å². The van der Waals surface area contributed by atoms with Crippen LogP contribution in [0.3, 0.4) is 0 Å². The van der Waals surface area contributed by atoms with Gasteiger partial charge in [-0.1, -0.05) is 90.6 Å². The Morgan fingerprint density at radius 1 is 0.956 bits per heavy atom. The van der Waals surface area contributed by atoms with E-state index in [0.717, 1.165) is 29.8 Å². The SMILES string of the molecule is CCC(C)C(C(CC(=O)N1CCCC1C(OC)C(C)C(=O)NC(Cc1ccccc1)c1nccs1)OC)N(C)C(=O)C(NC(=O)C1(NC(O)CCCCCN2C(=O)C=CC2=O)CCCC1)C(C)C. The molecule has 2 fully saturated rings. The number of carbonyl (C=O) groups excluding carboxylic acids is 6. The molecule has 0 bridgehead atoms. The van der Waals surface area contributed by atoms with Gasteiger partial charge in [0.2, 0.25) is 23.6 Å². The predicted molar refractivity (Wildman–Crippen MR) is 261 cm³/mol. The Labute approximate surface area is 407 Å². The Kier molecular flexibility index (Phi) is 20.7. The number of nitrogens with one attached hydrogen (secondary N) is 3. The van der Waals surface area contributed by atoms with Crippen molar-refractivity contribution in [3.05, 3.63) is 64.6 Å². The van der Waals surface area contributed by atoms with Crippen molar-refractivity contribution in [1.29, 1.82) is 0 Å². The number of hydrogen-bond acceptors (Lipinski definition) is 12. The molecule has 2 aromatic rings. The minimum absolute atomic E-state index is 0.00479. The van der Waals surface area contributed by atoms with Gasteiger partial charge in [0.15, 0.2) is 0 Å². The van der Waals surface area contributed by atoms with E-state index in [1.807, 2.05) is 75.2 Å². The van der Waals surface area contributed by atoms with Crippen LogP contribution in [0.25, 0.3) is 0 Å². The molecule has 0 spiro atoms. The van der Waals surface area contributed by atoms with Gasteiger partial charge in [0.25, 0.3) is 11.8 Å². The van der Waals surface area contributed by atoms with Crippen molar-refractivity contribution in [3.63, 3.8) is 0 Å². The fourth-order valence-electron chi connectivity index (χ4n) is 10.3. The highest BCUT2D eigenvalue weighted by Crippen LogP contribution is 2.33. The van der Waals surface area contributed by atoms with Crippen LogP contribution in [0.4, 0.5) is 0 Å². The number of ether oxygens (including phenoxy) is 2. The quantitative estimate of drug-likeness (QED) is 0.0514. The van der Waals surface area contributed by atoms with Gasteiger partial charge < -0.3 is 35.0 Å². The third-order valence-corrected chi connectivity index (χ3v) is 15.3. The lowest BCUT2D eigenvalue weighted by atomic mass is 9.89. The molecule has 9 unspecified atom stereocenters. The summed E-state index contributed by atoms with van der Waals surface area (Å²) in [6, 6.07) is 7.87. The number of benzene rings is 1. The number of aliphatic hydroxyl groups excluding tert-OH is 1. The first kappa shape index (κ1) is 54.4. The minimum Gasteiger partial charge on any atom is -0.379 e. The number of thiazole rings is 1. The third kappa shape index (κ3) is 13.8. The summed E-state index contributed by atoms with van der Waals surface area (Å²) in [6.45, 7) is 10.5. The van der Waals surface area contributed by atoms with Crippen LogP contribution in [0.15, 0.2) is 54.1 Å². The summed E-state index contributed by atoms with van der Waals surface area (Å²) in [4.78, 5) is 90.4. The molecular formula is C51H77N7O9S. The lowest BCUT2D eigenvalue weighted by Gasteiger charge is -2.41. The van der Waals surface area contributed by atoms with Gasteiger partial charge in [-0.15, -0.1) is 11.3 Å². The van der Waals surface area contributed by atoms with Crippen LogP contribution in [0.1, 0.15) is 128 Å². The van der Waals surface area contributed by atoms with Crippen LogP contribution in [-0.2, 0) is 44.7 Å². The first-order chi connectivity index (χ1) is 32.5. The number of aliphatic hydroxyl groups is 1. The largest absolute Gasteiger partial charge is 0.379 e. The second-order valence-corrected chi connectivity index (χ2v) is 20.3. The van der Waals surface area contributed by atoms with Crippen LogP contribution >= 0.6 is 11.3 Å². The topological polar surface area (TPSA) is 200 Å². The van der Waals surface area contributed by atoms with E-state index in [0.29, 0.717) is 70.9 Å². The fraction of sp³-hybridized carbons (Fsp3) is 0.667. The number of carbonyl (C=O) groups is 6. The van der Waals surface area contributed by atoms with Crippen molar-refractivity contribution in [2.75, 3.05) is 34.4 Å². The lowest BCUT2D eigenvalue weighted by Crippen LogP contribution is -2.63. The van der Waals surface area contributed by atoms with Crippen LogP contribution in [-0.4, -0.2) is 137 Å². The van der Waals surface area contributed by atoms with Crippen LogP contribution in [0, 0.1) is 17.8 Å². The number of amides is 6. The molecule has 3 aliphatic rings. The highest BCUT2D eigenvalue weighted by atomic mass is 32.1. The zero-order valence-corrected chi connectivity index (χ0v) is 42.3. The smallest absolute Gasteiger partial charge is 0.253 e. The van der Waals surface area contributed by atoms with Gasteiger partial charge >= 0.3 is 0 Å². The number of likely N-dealkylation sites (N-methyl/N-ethyl adjacent to an activating group) is 1. The molecule has 3 heterocycles. The molecule has 16 nitrogen and oxygen atoms in total. The van der Waals surface area contributed by atoms with Gasteiger partial charge in [-0.25, -0.2) is 4.98 Å². The van der Waals surface area contributed by atoms with Crippen molar-refractivity contribution in [3.8, 4) is 0 Å². The zero-order chi connectivity index (χ0) is 49.5. The molecule has 376 valence electrons. The van der Waals surface area contributed by atoms with E-state index in [1.165, 1.54) is 28.4 Å². The summed E-state index contributed by atoms with van der Waals surface area (Å²) in [5.74, 6) is -2.55. The van der Waals surface area contributed by atoms with Crippen LogP contribution in [0.2, 0.25) is 0 Å². The number of unbranched alkanes of at least 4 members (excludes halogenated alkanes) is 2. The van der Waals surface area contributed by atoms with E-state index in [9.17, 15) is 33.9 Å². The Balaban J connectivity index is 1.22. The van der Waals surface area contributed by atoms with Crippen molar-refractivity contribution in [2.45, 2.75) is 166 Å². The molecule has 9 atom stereocenters. The molecule has 68 heavy (non-hydrogen) atoms. The van der Waals surface area contributed by atoms with E-state index in [1.54, 1.807) is 32.4 Å². The number of imide groups is 1. The van der Waals surface area contributed by atoms with Crippen LogP contribution < -0.4 is 16.0 Å². The molecule has 1 aliphatic carbocycles. The Morgan fingerprint density at radius 3 is 2.25 bits per heavy atom. The van der Waals surface area contributed by atoms with Gasteiger partial charge in [0.1, 0.15) is 17.3 Å². The van der Waals surface area contributed by atoms with Gasteiger partial charge in [-0.2, -0.15) is 0 Å². The summed E-state index contributed by atoms with van der Waals surface area (Å²) in [6.07, 6.45) is 9.61. The minimum atomic E-state index is -1.06. The number of nitrogens with zero attached hydrogens (tertiary/aromatic N) is 4. The maximum absolute atomic E-state index is 14.7. The Morgan fingerprint density at radius 2 is 1.65 bits per heavy atom. The summed E-state index contributed by atoms with van der Waals surface area (Å²) in [5, 5.41) is 23.4. The molecule has 0 radical (unpaired) electrons. The average molecular weight is 964 g/mol. The standard InChI is InChI=1S/C51H77N7O9S/c1-9-34(4)45(56(6)49(64)44(33(2)3)54-50(65)51(25-15-16-26-51)55-40(59)22-14-11-17-28-58-41(60)23-24-42(58)61)39(66-7)32-43(62)57-29-18-21-38(57)46(67-8)35(5)47(63)53-37(48-52-27-30-68-48)31-36-19-12-10-13-20-36/h10,12-13,19-20,23-24,27,30,33-35,37-40,44-46,55,59H,9,11,14-18,21-22,25-26,28-29,31-32H2,1-8H3,(H,53,63)(H,54,65). The molecule has 4 N–H and O–H groups in total. The monoisotopic (exact) mass is 964 g/mol. The third-order valence-electron chi connectivity index (χ3n) is 14.4. The van der Waals surface area contributed by atoms with Crippen molar-refractivity contribution in [1.82, 2.24) is 35.6 Å². The predicted octanol–water partition coefficient (Wildman–Crippen LogP) is 5.31. The van der Waals surface area contributed by atoms with E-state index in [2.05, 4.69) is 20.9 Å². The van der Waals surface area contributed by atoms with Gasteiger partial charge in [-0.05, 0) is 68.8 Å². The molecular weight excluding hydrogens is 887 g/mol. The maximum Gasteiger partial charge on any atom is 0.253 e. The summed E-state index contributed by atoms with van der Waals surface area (Å²) < 4.78 is 12.2. The molecule has 1 saturated heterocycles. The van der Waals surface area contributed by atoms with Crippen LogP contribution in [0.5, 0.6) is 0 Å². The van der Waals surface area contributed by atoms with E-state index < -0.39 is 42.0 Å². The maximum atomic E-state index is 14.7. The summed E-state index contributed by atoms with van der Waals surface area (Å²) in [5.41, 5.74) is 0.0186. The lowest BCUT2D eigenvalue weighted by molar-refractivity contribution is -0.148. The number of likely N-dealkylation sites (tertiary alicyclic amines) is 1. The first-order valence-corrected chi connectivity index (χ1v) is 25.6. The second kappa shape index (κ2) is 25.9. The number of hydrogen-bond donors (Lipinski definition) is 4. The Hall–Kier alpha value is -4.55. The van der Waals surface area contributed by atoms with Gasteiger partial charge in [0.05, 0.1) is 48.2 Å². The highest BCUT2D eigenvalue weighted by molar-refractivity contribution is 7.09. The second-order valence-electron chi connectivity index (χ2n) is 19.4. The average Bonchev–Trinajstić information content (AvgIpc) is 4.18. The molecule has 1 aromatic heterocycles. The molecule has 2 aliphatic heterocycles. The Bertz CT molecular complexity index is 1980. The van der Waals surface area contributed by atoms with Crippen molar-refractivity contribution >= 4 is 46.8 Å². The first-order valence-electron chi connectivity index (χ1n) is 24.7.